The number of hydrogen-bond acceptors (Lipinski definition) is 2. The van der Waals surface area contributed by atoms with E-state index in [4.69, 9.17) is 11.6 Å². The Hall–Kier alpha value is -1.55. The molecule has 1 heterocycles. The quantitative estimate of drug-likeness (QED) is 0.829. The largest absolute Gasteiger partial charge is 0.339 e. The lowest BCUT2D eigenvalue weighted by atomic mass is 10.1. The first kappa shape index (κ1) is 16.9. The Labute approximate surface area is 154 Å². The number of nitrogens with zero attached hydrogens (tertiary/aromatic N) is 2. The summed E-state index contributed by atoms with van der Waals surface area (Å²) in [6, 6.07) is 7.82. The molecular formula is C20H25ClN2O2. The van der Waals surface area contributed by atoms with E-state index in [-0.39, 0.29) is 23.7 Å². The van der Waals surface area contributed by atoms with Gasteiger partial charge in [-0.05, 0) is 36.8 Å². The van der Waals surface area contributed by atoms with Crippen LogP contribution < -0.4 is 0 Å². The molecule has 1 aromatic rings. The van der Waals surface area contributed by atoms with Crippen molar-refractivity contribution in [1.29, 1.82) is 0 Å². The SMILES string of the molecule is O=C(C1CCCC1)N1CCN(C(=O)C2CC2c2ccccc2Cl)CC1. The predicted octanol–water partition coefficient (Wildman–Crippen LogP) is 3.30. The van der Waals surface area contributed by atoms with E-state index in [2.05, 4.69) is 0 Å². The van der Waals surface area contributed by atoms with Crippen molar-refractivity contribution < 1.29 is 9.59 Å². The van der Waals surface area contributed by atoms with Crippen LogP contribution in [0, 0.1) is 11.8 Å². The average molecular weight is 361 g/mol. The fraction of sp³-hybridized carbons (Fsp3) is 0.600. The highest BCUT2D eigenvalue weighted by atomic mass is 35.5. The summed E-state index contributed by atoms with van der Waals surface area (Å²) in [5, 5.41) is 0.759. The number of benzene rings is 1. The third kappa shape index (κ3) is 3.41. The van der Waals surface area contributed by atoms with E-state index < -0.39 is 0 Å². The van der Waals surface area contributed by atoms with Gasteiger partial charge in [-0.2, -0.15) is 0 Å². The van der Waals surface area contributed by atoms with E-state index in [0.717, 1.165) is 29.8 Å². The first-order valence-corrected chi connectivity index (χ1v) is 9.85. The van der Waals surface area contributed by atoms with Crippen LogP contribution in [-0.2, 0) is 9.59 Å². The third-order valence-electron chi connectivity index (χ3n) is 6.02. The highest BCUT2D eigenvalue weighted by molar-refractivity contribution is 6.31. The molecule has 0 bridgehead atoms. The normalized spacial score (nSPS) is 26.8. The topological polar surface area (TPSA) is 40.6 Å². The minimum Gasteiger partial charge on any atom is -0.339 e. The minimum atomic E-state index is 0.0667. The van der Waals surface area contributed by atoms with Gasteiger partial charge in [0.15, 0.2) is 0 Å². The zero-order valence-corrected chi connectivity index (χ0v) is 15.3. The molecule has 3 fully saturated rings. The molecular weight excluding hydrogens is 336 g/mol. The molecule has 2 aliphatic carbocycles. The number of carbonyl (C=O) groups is 2. The molecule has 5 heteroatoms. The van der Waals surface area contributed by atoms with E-state index in [1.165, 1.54) is 12.8 Å². The molecule has 2 atom stereocenters. The fourth-order valence-electron chi connectivity index (χ4n) is 4.40. The van der Waals surface area contributed by atoms with Crippen LogP contribution in [0.15, 0.2) is 24.3 Å². The van der Waals surface area contributed by atoms with Crippen molar-refractivity contribution in [2.75, 3.05) is 26.2 Å². The van der Waals surface area contributed by atoms with Crippen LogP contribution in [0.5, 0.6) is 0 Å². The van der Waals surface area contributed by atoms with Gasteiger partial charge in [0.1, 0.15) is 0 Å². The van der Waals surface area contributed by atoms with Gasteiger partial charge in [-0.1, -0.05) is 42.6 Å². The van der Waals surface area contributed by atoms with E-state index in [9.17, 15) is 9.59 Å². The van der Waals surface area contributed by atoms with Gasteiger partial charge in [0.25, 0.3) is 0 Å². The molecule has 2 saturated carbocycles. The smallest absolute Gasteiger partial charge is 0.226 e. The molecule has 0 aromatic heterocycles. The summed E-state index contributed by atoms with van der Waals surface area (Å²) in [7, 11) is 0. The fourth-order valence-corrected chi connectivity index (χ4v) is 4.68. The van der Waals surface area contributed by atoms with Crippen LogP contribution in [0.4, 0.5) is 0 Å². The summed E-state index contributed by atoms with van der Waals surface area (Å²) in [4.78, 5) is 29.2. The molecule has 1 aromatic carbocycles. The molecule has 1 saturated heterocycles. The first-order chi connectivity index (χ1) is 12.1. The second-order valence-electron chi connectivity index (χ2n) is 7.60. The first-order valence-electron chi connectivity index (χ1n) is 9.47. The van der Waals surface area contributed by atoms with Crippen LogP contribution in [0.2, 0.25) is 5.02 Å². The number of rotatable bonds is 3. The van der Waals surface area contributed by atoms with Gasteiger partial charge in [-0.3, -0.25) is 9.59 Å². The second kappa shape index (κ2) is 6.99. The van der Waals surface area contributed by atoms with Gasteiger partial charge in [-0.15, -0.1) is 0 Å². The molecule has 0 N–H and O–H groups in total. The number of carbonyl (C=O) groups excluding carboxylic acids is 2. The Bertz CT molecular complexity index is 663. The zero-order valence-electron chi connectivity index (χ0n) is 14.5. The average Bonchev–Trinajstić information content (AvgIpc) is 3.24. The molecule has 4 rings (SSSR count). The summed E-state index contributed by atoms with van der Waals surface area (Å²) in [5.74, 6) is 1.11. The second-order valence-corrected chi connectivity index (χ2v) is 8.01. The summed E-state index contributed by atoms with van der Waals surface area (Å²) in [5.41, 5.74) is 1.09. The van der Waals surface area contributed by atoms with Crippen molar-refractivity contribution in [1.82, 2.24) is 9.80 Å². The summed E-state index contributed by atoms with van der Waals surface area (Å²) in [6.45, 7) is 2.71. The molecule has 4 nitrogen and oxygen atoms in total. The maximum Gasteiger partial charge on any atom is 0.226 e. The van der Waals surface area contributed by atoms with E-state index in [1.54, 1.807) is 0 Å². The molecule has 0 radical (unpaired) electrons. The molecule has 2 unspecified atom stereocenters. The number of hydrogen-bond donors (Lipinski definition) is 0. The third-order valence-corrected chi connectivity index (χ3v) is 6.36. The lowest BCUT2D eigenvalue weighted by Crippen LogP contribution is -2.52. The Morgan fingerprint density at radius 3 is 2.16 bits per heavy atom. The Kier molecular flexibility index (Phi) is 4.72. The Morgan fingerprint density at radius 1 is 0.920 bits per heavy atom. The van der Waals surface area contributed by atoms with Crippen LogP contribution in [0.3, 0.4) is 0 Å². The Morgan fingerprint density at radius 2 is 1.52 bits per heavy atom. The molecule has 134 valence electrons. The lowest BCUT2D eigenvalue weighted by Gasteiger charge is -2.36. The van der Waals surface area contributed by atoms with Crippen molar-refractivity contribution >= 4 is 23.4 Å². The van der Waals surface area contributed by atoms with E-state index in [1.807, 2.05) is 34.1 Å². The van der Waals surface area contributed by atoms with Gasteiger partial charge >= 0.3 is 0 Å². The maximum atomic E-state index is 12.8. The standard InChI is InChI=1S/C20H25ClN2O2/c21-18-8-4-3-7-15(18)16-13-17(16)20(25)23-11-9-22(10-12-23)19(24)14-5-1-2-6-14/h3-4,7-8,14,16-17H,1-2,5-6,9-13H2. The highest BCUT2D eigenvalue weighted by Gasteiger charge is 2.47. The summed E-state index contributed by atoms with van der Waals surface area (Å²) < 4.78 is 0. The van der Waals surface area contributed by atoms with Crippen LogP contribution >= 0.6 is 11.6 Å². The number of piperazine rings is 1. The highest BCUT2D eigenvalue weighted by Crippen LogP contribution is 2.50. The molecule has 3 aliphatic rings. The van der Waals surface area contributed by atoms with Crippen molar-refractivity contribution in [3.63, 3.8) is 0 Å². The summed E-state index contributed by atoms with van der Waals surface area (Å²) >= 11 is 6.26. The van der Waals surface area contributed by atoms with Gasteiger partial charge in [-0.25, -0.2) is 0 Å². The predicted molar refractivity (Wildman–Crippen MR) is 97.4 cm³/mol. The van der Waals surface area contributed by atoms with Gasteiger partial charge in [0.05, 0.1) is 0 Å². The minimum absolute atomic E-state index is 0.0667. The lowest BCUT2D eigenvalue weighted by molar-refractivity contribution is -0.142. The van der Waals surface area contributed by atoms with Gasteiger partial charge in [0.2, 0.25) is 11.8 Å². The van der Waals surface area contributed by atoms with E-state index >= 15 is 0 Å². The molecule has 1 aliphatic heterocycles. The maximum absolute atomic E-state index is 12.8. The monoisotopic (exact) mass is 360 g/mol. The molecule has 2 amide bonds. The van der Waals surface area contributed by atoms with Crippen LogP contribution in [0.1, 0.15) is 43.6 Å². The summed E-state index contributed by atoms with van der Waals surface area (Å²) in [6.07, 6.45) is 5.34. The van der Waals surface area contributed by atoms with Crippen LogP contribution in [0.25, 0.3) is 0 Å². The van der Waals surface area contributed by atoms with Crippen molar-refractivity contribution in [3.8, 4) is 0 Å². The molecule has 0 spiro atoms. The van der Waals surface area contributed by atoms with E-state index in [0.29, 0.717) is 32.1 Å². The molecule has 25 heavy (non-hydrogen) atoms. The van der Waals surface area contributed by atoms with Crippen molar-refractivity contribution in [3.05, 3.63) is 34.9 Å². The van der Waals surface area contributed by atoms with Crippen LogP contribution in [-0.4, -0.2) is 47.8 Å². The zero-order chi connectivity index (χ0) is 17.4. The number of halogens is 1. The Balaban J connectivity index is 1.30. The van der Waals surface area contributed by atoms with Crippen molar-refractivity contribution in [2.45, 2.75) is 38.0 Å². The van der Waals surface area contributed by atoms with Crippen molar-refractivity contribution in [2.24, 2.45) is 11.8 Å². The van der Waals surface area contributed by atoms with Gasteiger partial charge < -0.3 is 9.80 Å². The van der Waals surface area contributed by atoms with Gasteiger partial charge in [0, 0.05) is 43.0 Å². The number of amides is 2.